The van der Waals surface area contributed by atoms with Gasteiger partial charge in [-0.2, -0.15) is 0 Å². The number of rotatable bonds is 1. The first kappa shape index (κ1) is 9.90. The van der Waals surface area contributed by atoms with Gasteiger partial charge in [0, 0.05) is 24.2 Å². The van der Waals surface area contributed by atoms with Crippen molar-refractivity contribution in [2.45, 2.75) is 31.8 Å². The second-order valence-electron chi connectivity index (χ2n) is 4.72. The standard InChI is InChI=1S/C12H16N2O2/c1-8-3-5-16-11(8)12(15)14-7-9-6-10(14)2-4-13-9/h3,5,9-10,13H,2,4,6-7H2,1H3. The Labute approximate surface area is 94.6 Å². The summed E-state index contributed by atoms with van der Waals surface area (Å²) in [4.78, 5) is 14.2. The largest absolute Gasteiger partial charge is 0.459 e. The zero-order chi connectivity index (χ0) is 11.1. The Hall–Kier alpha value is -1.29. The van der Waals surface area contributed by atoms with Crippen LogP contribution in [0.5, 0.6) is 0 Å². The lowest BCUT2D eigenvalue weighted by atomic mass is 10.1. The molecule has 2 fully saturated rings. The van der Waals surface area contributed by atoms with E-state index in [2.05, 4.69) is 5.32 Å². The van der Waals surface area contributed by atoms with Crippen molar-refractivity contribution in [3.63, 3.8) is 0 Å². The van der Waals surface area contributed by atoms with Gasteiger partial charge in [-0.25, -0.2) is 0 Å². The number of nitrogens with one attached hydrogen (secondary N) is 1. The number of nitrogens with zero attached hydrogens (tertiary/aromatic N) is 1. The second-order valence-corrected chi connectivity index (χ2v) is 4.72. The topological polar surface area (TPSA) is 45.5 Å². The molecule has 2 atom stereocenters. The highest BCUT2D eigenvalue weighted by atomic mass is 16.3. The molecule has 4 nitrogen and oxygen atoms in total. The number of furan rings is 1. The van der Waals surface area contributed by atoms with Crippen molar-refractivity contribution in [1.29, 1.82) is 0 Å². The minimum atomic E-state index is 0.0544. The molecule has 2 aliphatic rings. The van der Waals surface area contributed by atoms with E-state index in [1.54, 1.807) is 6.26 Å². The van der Waals surface area contributed by atoms with Crippen LogP contribution in [-0.2, 0) is 0 Å². The SMILES string of the molecule is Cc1ccoc1C(=O)N1CC2CC1CCN2. The molecule has 0 spiro atoms. The van der Waals surface area contributed by atoms with E-state index in [-0.39, 0.29) is 5.91 Å². The van der Waals surface area contributed by atoms with Crippen molar-refractivity contribution >= 4 is 5.91 Å². The van der Waals surface area contributed by atoms with Crippen LogP contribution in [0.3, 0.4) is 0 Å². The van der Waals surface area contributed by atoms with Crippen molar-refractivity contribution < 1.29 is 9.21 Å². The van der Waals surface area contributed by atoms with Gasteiger partial charge in [-0.05, 0) is 32.4 Å². The maximum atomic E-state index is 12.3. The molecule has 2 unspecified atom stereocenters. The summed E-state index contributed by atoms with van der Waals surface area (Å²) in [7, 11) is 0. The predicted octanol–water partition coefficient (Wildman–Crippen LogP) is 1.16. The smallest absolute Gasteiger partial charge is 0.290 e. The van der Waals surface area contributed by atoms with Crippen molar-refractivity contribution in [2.24, 2.45) is 0 Å². The fourth-order valence-corrected chi connectivity index (χ4v) is 2.76. The van der Waals surface area contributed by atoms with Gasteiger partial charge in [-0.15, -0.1) is 0 Å². The monoisotopic (exact) mass is 220 g/mol. The Bertz CT molecular complexity index is 413. The van der Waals surface area contributed by atoms with E-state index < -0.39 is 0 Å². The van der Waals surface area contributed by atoms with Crippen LogP contribution >= 0.6 is 0 Å². The van der Waals surface area contributed by atoms with Crippen LogP contribution in [0.15, 0.2) is 16.7 Å². The van der Waals surface area contributed by atoms with Crippen LogP contribution in [0, 0.1) is 6.92 Å². The van der Waals surface area contributed by atoms with Crippen molar-refractivity contribution in [1.82, 2.24) is 10.2 Å². The molecule has 1 amide bonds. The predicted molar refractivity (Wildman–Crippen MR) is 59.3 cm³/mol. The normalized spacial score (nSPS) is 28.4. The number of carbonyl (C=O) groups excluding carboxylic acids is 1. The Balaban J connectivity index is 1.83. The molecule has 1 aromatic heterocycles. The molecule has 0 aliphatic carbocycles. The maximum Gasteiger partial charge on any atom is 0.290 e. The van der Waals surface area contributed by atoms with Gasteiger partial charge in [0.25, 0.3) is 5.91 Å². The maximum absolute atomic E-state index is 12.3. The molecule has 4 heteroatoms. The molecule has 3 heterocycles. The second kappa shape index (κ2) is 3.63. The van der Waals surface area contributed by atoms with Gasteiger partial charge >= 0.3 is 0 Å². The molecule has 1 aromatic rings. The number of carbonyl (C=O) groups is 1. The summed E-state index contributed by atoms with van der Waals surface area (Å²) in [6.07, 6.45) is 3.73. The summed E-state index contributed by atoms with van der Waals surface area (Å²) >= 11 is 0. The summed E-state index contributed by atoms with van der Waals surface area (Å²) in [5.41, 5.74) is 0.930. The summed E-state index contributed by atoms with van der Waals surface area (Å²) < 4.78 is 5.28. The third kappa shape index (κ3) is 1.45. The highest BCUT2D eigenvalue weighted by Gasteiger charge is 2.38. The lowest BCUT2D eigenvalue weighted by Crippen LogP contribution is -2.36. The lowest BCUT2D eigenvalue weighted by molar-refractivity contribution is 0.0702. The molecular formula is C12H16N2O2. The number of likely N-dealkylation sites (tertiary alicyclic amines) is 1. The number of hydrogen-bond donors (Lipinski definition) is 1. The van der Waals surface area contributed by atoms with E-state index in [4.69, 9.17) is 4.42 Å². The highest BCUT2D eigenvalue weighted by molar-refractivity contribution is 5.93. The molecule has 0 radical (unpaired) electrons. The van der Waals surface area contributed by atoms with Crippen LogP contribution in [0.2, 0.25) is 0 Å². The van der Waals surface area contributed by atoms with E-state index >= 15 is 0 Å². The highest BCUT2D eigenvalue weighted by Crippen LogP contribution is 2.26. The molecule has 3 rings (SSSR count). The zero-order valence-corrected chi connectivity index (χ0v) is 9.40. The van der Waals surface area contributed by atoms with Gasteiger partial charge in [0.05, 0.1) is 6.26 Å². The third-order valence-corrected chi connectivity index (χ3v) is 3.64. The molecule has 2 saturated heterocycles. The number of piperidine rings is 1. The van der Waals surface area contributed by atoms with Gasteiger partial charge < -0.3 is 14.6 Å². The van der Waals surface area contributed by atoms with Crippen molar-refractivity contribution in [3.8, 4) is 0 Å². The van der Waals surface area contributed by atoms with Crippen LogP contribution in [0.4, 0.5) is 0 Å². The first-order chi connectivity index (χ1) is 7.75. The Morgan fingerprint density at radius 3 is 3.19 bits per heavy atom. The molecule has 2 aliphatic heterocycles. The van der Waals surface area contributed by atoms with E-state index in [0.29, 0.717) is 17.8 Å². The van der Waals surface area contributed by atoms with Crippen LogP contribution in [0.25, 0.3) is 0 Å². The molecule has 86 valence electrons. The van der Waals surface area contributed by atoms with Crippen LogP contribution < -0.4 is 5.32 Å². The summed E-state index contributed by atoms with van der Waals surface area (Å²) in [6, 6.07) is 2.73. The zero-order valence-electron chi connectivity index (χ0n) is 9.40. The molecule has 0 saturated carbocycles. The molecule has 1 N–H and O–H groups in total. The number of aryl methyl sites for hydroxylation is 1. The van der Waals surface area contributed by atoms with Crippen molar-refractivity contribution in [3.05, 3.63) is 23.7 Å². The molecule has 16 heavy (non-hydrogen) atoms. The number of fused-ring (bicyclic) bond motifs is 2. The van der Waals surface area contributed by atoms with Gasteiger partial charge in [0.15, 0.2) is 5.76 Å². The third-order valence-electron chi connectivity index (χ3n) is 3.64. The number of hydrogen-bond acceptors (Lipinski definition) is 3. The fourth-order valence-electron chi connectivity index (χ4n) is 2.76. The Morgan fingerprint density at radius 1 is 1.62 bits per heavy atom. The summed E-state index contributed by atoms with van der Waals surface area (Å²) in [5.74, 6) is 0.561. The summed E-state index contributed by atoms with van der Waals surface area (Å²) in [6.45, 7) is 3.76. The minimum absolute atomic E-state index is 0.0544. The number of amides is 1. The van der Waals surface area contributed by atoms with E-state index in [0.717, 1.165) is 31.5 Å². The van der Waals surface area contributed by atoms with Gasteiger partial charge in [-0.3, -0.25) is 4.79 Å². The van der Waals surface area contributed by atoms with Gasteiger partial charge in [-0.1, -0.05) is 0 Å². The van der Waals surface area contributed by atoms with Gasteiger partial charge in [0.2, 0.25) is 0 Å². The average Bonchev–Trinajstić information content (AvgIpc) is 2.82. The molecule has 2 bridgehead atoms. The quantitative estimate of drug-likeness (QED) is 0.772. The minimum Gasteiger partial charge on any atom is -0.459 e. The first-order valence-corrected chi connectivity index (χ1v) is 5.84. The first-order valence-electron chi connectivity index (χ1n) is 5.84. The van der Waals surface area contributed by atoms with E-state index in [1.807, 2.05) is 17.9 Å². The average molecular weight is 220 g/mol. The van der Waals surface area contributed by atoms with E-state index in [9.17, 15) is 4.79 Å². The lowest BCUT2D eigenvalue weighted by Gasteiger charge is -2.23. The van der Waals surface area contributed by atoms with Crippen LogP contribution in [0.1, 0.15) is 29.0 Å². The van der Waals surface area contributed by atoms with E-state index in [1.165, 1.54) is 0 Å². The molecule has 0 aromatic carbocycles. The Morgan fingerprint density at radius 2 is 2.50 bits per heavy atom. The molecular weight excluding hydrogens is 204 g/mol. The Kier molecular flexibility index (Phi) is 2.24. The van der Waals surface area contributed by atoms with Crippen LogP contribution in [-0.4, -0.2) is 36.0 Å². The van der Waals surface area contributed by atoms with Gasteiger partial charge in [0.1, 0.15) is 0 Å². The van der Waals surface area contributed by atoms with Crippen molar-refractivity contribution in [2.75, 3.05) is 13.1 Å². The summed E-state index contributed by atoms with van der Waals surface area (Å²) in [5, 5.41) is 3.43. The fraction of sp³-hybridized carbons (Fsp3) is 0.583.